The second-order valence-electron chi connectivity index (χ2n) is 7.29. The fourth-order valence-electron chi connectivity index (χ4n) is 4.13. The molecule has 2 aliphatic heterocycles. The summed E-state index contributed by atoms with van der Waals surface area (Å²) < 4.78 is 13.0. The van der Waals surface area contributed by atoms with Gasteiger partial charge in [-0.15, -0.1) is 11.3 Å². The van der Waals surface area contributed by atoms with Gasteiger partial charge in [0.25, 0.3) is 0 Å². The lowest BCUT2D eigenvalue weighted by atomic mass is 9.78. The molecule has 2 aromatic rings. The molecule has 4 rings (SSSR count). The van der Waals surface area contributed by atoms with Crippen LogP contribution in [-0.2, 0) is 13.1 Å². The third-order valence-corrected chi connectivity index (χ3v) is 6.36. The Kier molecular flexibility index (Phi) is 4.66. The molecular weight excluding hydrogens is 321 g/mol. The maximum Gasteiger partial charge on any atom is 0.123 e. The lowest BCUT2D eigenvalue weighted by molar-refractivity contribution is 0.102. The average molecular weight is 345 g/mol. The van der Waals surface area contributed by atoms with E-state index < -0.39 is 0 Å². The van der Waals surface area contributed by atoms with Crippen molar-refractivity contribution >= 4 is 11.3 Å². The number of halogens is 1. The second-order valence-corrected chi connectivity index (χ2v) is 8.27. The van der Waals surface area contributed by atoms with E-state index in [2.05, 4.69) is 20.2 Å². The second kappa shape index (κ2) is 6.90. The number of rotatable bonds is 4. The first-order valence-corrected chi connectivity index (χ1v) is 9.66. The summed E-state index contributed by atoms with van der Waals surface area (Å²) >= 11 is 1.76. The molecule has 2 fully saturated rings. The Morgan fingerprint density at radius 1 is 1.00 bits per heavy atom. The highest BCUT2D eigenvalue weighted by Gasteiger charge is 2.40. The van der Waals surface area contributed by atoms with Gasteiger partial charge in [0.2, 0.25) is 0 Å². The fraction of sp³-hybridized carbons (Fsp3) is 0.526. The van der Waals surface area contributed by atoms with Crippen LogP contribution in [-0.4, -0.2) is 41.0 Å². The molecular formula is C19H24FN3S. The molecule has 1 aromatic heterocycles. The number of thiazole rings is 1. The molecule has 2 aliphatic rings. The topological polar surface area (TPSA) is 19.4 Å². The number of aromatic nitrogens is 1. The first kappa shape index (κ1) is 16.2. The molecule has 0 N–H and O–H groups in total. The quantitative estimate of drug-likeness (QED) is 0.841. The highest BCUT2D eigenvalue weighted by atomic mass is 32.1. The zero-order valence-corrected chi connectivity index (χ0v) is 14.8. The van der Waals surface area contributed by atoms with E-state index >= 15 is 0 Å². The van der Waals surface area contributed by atoms with Crippen molar-refractivity contribution in [2.24, 2.45) is 5.41 Å². The van der Waals surface area contributed by atoms with E-state index in [9.17, 15) is 4.39 Å². The van der Waals surface area contributed by atoms with Crippen LogP contribution in [0.15, 0.2) is 35.8 Å². The first-order valence-electron chi connectivity index (χ1n) is 8.78. The van der Waals surface area contributed by atoms with Crippen LogP contribution in [0.3, 0.4) is 0 Å². The van der Waals surface area contributed by atoms with Gasteiger partial charge in [-0.3, -0.25) is 9.80 Å². The van der Waals surface area contributed by atoms with Crippen molar-refractivity contribution in [3.8, 4) is 0 Å². The number of likely N-dealkylation sites (tertiary alicyclic amines) is 2. The molecule has 0 aliphatic carbocycles. The van der Waals surface area contributed by atoms with Crippen molar-refractivity contribution in [1.29, 1.82) is 0 Å². The standard InChI is InChI=1S/C19H24FN3S/c20-17-3-1-16(2-4-17)13-23-11-7-19(15-23)5-9-22(10-6-19)14-18-21-8-12-24-18/h1-4,8,12H,5-7,9-11,13-15H2. The van der Waals surface area contributed by atoms with Crippen molar-refractivity contribution in [2.75, 3.05) is 26.2 Å². The SMILES string of the molecule is Fc1ccc(CN2CCC3(CCN(Cc4nccs4)CC3)C2)cc1. The highest BCUT2D eigenvalue weighted by molar-refractivity contribution is 7.09. The molecule has 0 atom stereocenters. The summed E-state index contributed by atoms with van der Waals surface area (Å²) in [7, 11) is 0. The molecule has 0 radical (unpaired) electrons. The maximum atomic E-state index is 13.0. The van der Waals surface area contributed by atoms with Gasteiger partial charge in [-0.05, 0) is 62.0 Å². The number of hydrogen-bond donors (Lipinski definition) is 0. The van der Waals surface area contributed by atoms with E-state index in [4.69, 9.17) is 0 Å². The lowest BCUT2D eigenvalue weighted by Gasteiger charge is -2.39. The largest absolute Gasteiger partial charge is 0.299 e. The molecule has 128 valence electrons. The van der Waals surface area contributed by atoms with Crippen LogP contribution >= 0.6 is 11.3 Å². The fourth-order valence-corrected chi connectivity index (χ4v) is 4.78. The van der Waals surface area contributed by atoms with Crippen molar-refractivity contribution in [3.05, 3.63) is 52.2 Å². The van der Waals surface area contributed by atoms with Gasteiger partial charge in [-0.2, -0.15) is 0 Å². The lowest BCUT2D eigenvalue weighted by Crippen LogP contribution is -2.41. The van der Waals surface area contributed by atoms with Crippen LogP contribution in [0.2, 0.25) is 0 Å². The third-order valence-electron chi connectivity index (χ3n) is 5.60. The normalized spacial score (nSPS) is 21.5. The van der Waals surface area contributed by atoms with Crippen LogP contribution in [0.4, 0.5) is 4.39 Å². The van der Waals surface area contributed by atoms with E-state index in [1.807, 2.05) is 18.3 Å². The number of piperidine rings is 1. The Morgan fingerprint density at radius 3 is 2.38 bits per heavy atom. The van der Waals surface area contributed by atoms with Gasteiger partial charge in [-0.25, -0.2) is 9.37 Å². The number of benzene rings is 1. The predicted molar refractivity (Wildman–Crippen MR) is 95.4 cm³/mol. The molecule has 0 unspecified atom stereocenters. The summed E-state index contributed by atoms with van der Waals surface area (Å²) in [4.78, 5) is 9.50. The van der Waals surface area contributed by atoms with E-state index in [1.165, 1.54) is 56.0 Å². The minimum Gasteiger partial charge on any atom is -0.299 e. The summed E-state index contributed by atoms with van der Waals surface area (Å²) in [5.74, 6) is -0.149. The first-order chi connectivity index (χ1) is 11.7. The van der Waals surface area contributed by atoms with Crippen LogP contribution in [0.5, 0.6) is 0 Å². The molecule has 24 heavy (non-hydrogen) atoms. The molecule has 0 saturated carbocycles. The van der Waals surface area contributed by atoms with Crippen molar-refractivity contribution < 1.29 is 4.39 Å². The molecule has 3 heterocycles. The number of nitrogens with zero attached hydrogens (tertiary/aromatic N) is 3. The summed E-state index contributed by atoms with van der Waals surface area (Å²) in [5.41, 5.74) is 1.72. The molecule has 1 spiro atoms. The van der Waals surface area contributed by atoms with Crippen molar-refractivity contribution in [2.45, 2.75) is 32.4 Å². The Balaban J connectivity index is 1.29. The smallest absolute Gasteiger partial charge is 0.123 e. The highest BCUT2D eigenvalue weighted by Crippen LogP contribution is 2.41. The number of hydrogen-bond acceptors (Lipinski definition) is 4. The predicted octanol–water partition coefficient (Wildman–Crippen LogP) is 3.77. The van der Waals surface area contributed by atoms with E-state index in [0.717, 1.165) is 13.1 Å². The van der Waals surface area contributed by atoms with Crippen LogP contribution in [0.25, 0.3) is 0 Å². The van der Waals surface area contributed by atoms with Gasteiger partial charge in [-0.1, -0.05) is 12.1 Å². The summed E-state index contributed by atoms with van der Waals surface area (Å²) in [6.07, 6.45) is 5.78. The van der Waals surface area contributed by atoms with Crippen molar-refractivity contribution in [1.82, 2.24) is 14.8 Å². The van der Waals surface area contributed by atoms with Gasteiger partial charge in [0.15, 0.2) is 0 Å². The average Bonchev–Trinajstić information content (AvgIpc) is 3.23. The summed E-state index contributed by atoms with van der Waals surface area (Å²) in [6.45, 7) is 6.69. The summed E-state index contributed by atoms with van der Waals surface area (Å²) in [5, 5.41) is 3.29. The zero-order valence-electron chi connectivity index (χ0n) is 14.0. The minimum atomic E-state index is -0.149. The van der Waals surface area contributed by atoms with E-state index in [0.29, 0.717) is 5.41 Å². The van der Waals surface area contributed by atoms with Crippen LogP contribution < -0.4 is 0 Å². The van der Waals surface area contributed by atoms with Gasteiger partial charge < -0.3 is 0 Å². The summed E-state index contributed by atoms with van der Waals surface area (Å²) in [6, 6.07) is 6.96. The third kappa shape index (κ3) is 3.68. The Bertz CT molecular complexity index is 648. The molecule has 0 amide bonds. The zero-order chi connectivity index (χ0) is 16.4. The minimum absolute atomic E-state index is 0.149. The van der Waals surface area contributed by atoms with Crippen molar-refractivity contribution in [3.63, 3.8) is 0 Å². The Morgan fingerprint density at radius 2 is 1.71 bits per heavy atom. The Hall–Kier alpha value is -1.30. The molecule has 5 heteroatoms. The monoisotopic (exact) mass is 345 g/mol. The van der Waals surface area contributed by atoms with Crippen LogP contribution in [0.1, 0.15) is 29.8 Å². The van der Waals surface area contributed by atoms with Crippen LogP contribution in [0, 0.1) is 11.2 Å². The van der Waals surface area contributed by atoms with E-state index in [-0.39, 0.29) is 5.82 Å². The van der Waals surface area contributed by atoms with E-state index in [1.54, 1.807) is 23.5 Å². The van der Waals surface area contributed by atoms with Gasteiger partial charge in [0.1, 0.15) is 10.8 Å². The molecule has 1 aromatic carbocycles. The van der Waals surface area contributed by atoms with Gasteiger partial charge >= 0.3 is 0 Å². The Labute approximate surface area is 147 Å². The maximum absolute atomic E-state index is 13.0. The van der Waals surface area contributed by atoms with Gasteiger partial charge in [0.05, 0.1) is 6.54 Å². The van der Waals surface area contributed by atoms with Gasteiger partial charge in [0, 0.05) is 24.7 Å². The molecule has 3 nitrogen and oxygen atoms in total. The molecule has 2 saturated heterocycles. The molecule has 0 bridgehead atoms.